The summed E-state index contributed by atoms with van der Waals surface area (Å²) in [5.41, 5.74) is 1.17. The minimum Gasteiger partial charge on any atom is -0.474 e. The van der Waals surface area contributed by atoms with E-state index in [1.807, 2.05) is 13.0 Å². The molecule has 1 aromatic rings. The van der Waals surface area contributed by atoms with Crippen molar-refractivity contribution in [1.82, 2.24) is 4.98 Å². The Morgan fingerprint density at radius 2 is 2.31 bits per heavy atom. The zero-order valence-corrected chi connectivity index (χ0v) is 9.17. The molecule has 0 N–H and O–H groups in total. The van der Waals surface area contributed by atoms with Crippen LogP contribution in [-0.2, 0) is 0 Å². The van der Waals surface area contributed by atoms with Crippen LogP contribution in [0.1, 0.15) is 24.8 Å². The highest BCUT2D eigenvalue weighted by molar-refractivity contribution is 9.10. The summed E-state index contributed by atoms with van der Waals surface area (Å²) in [6.07, 6.45) is 5.80. The summed E-state index contributed by atoms with van der Waals surface area (Å²) in [4.78, 5) is 4.19. The topological polar surface area (TPSA) is 22.1 Å². The zero-order valence-electron chi connectivity index (χ0n) is 7.59. The van der Waals surface area contributed by atoms with E-state index in [9.17, 15) is 0 Å². The summed E-state index contributed by atoms with van der Waals surface area (Å²) in [6.45, 7) is 2.04. The van der Waals surface area contributed by atoms with Gasteiger partial charge in [0.15, 0.2) is 0 Å². The Bertz CT molecular complexity index is 310. The normalized spacial score (nSPS) is 16.8. The number of ether oxygens (including phenoxy) is 1. The van der Waals surface area contributed by atoms with Crippen LogP contribution in [0, 0.1) is 6.92 Å². The maximum Gasteiger partial charge on any atom is 0.228 e. The number of nitrogens with zero attached hydrogens (tertiary/aromatic N) is 1. The summed E-state index contributed by atoms with van der Waals surface area (Å²) in [7, 11) is 0. The van der Waals surface area contributed by atoms with Gasteiger partial charge >= 0.3 is 0 Å². The van der Waals surface area contributed by atoms with Gasteiger partial charge in [0.25, 0.3) is 0 Å². The van der Waals surface area contributed by atoms with Crippen molar-refractivity contribution < 1.29 is 4.74 Å². The molecular weight excluding hydrogens is 230 g/mol. The first kappa shape index (κ1) is 9.00. The van der Waals surface area contributed by atoms with Crippen LogP contribution in [0.25, 0.3) is 0 Å². The molecule has 70 valence electrons. The van der Waals surface area contributed by atoms with Crippen molar-refractivity contribution >= 4 is 15.9 Å². The predicted molar refractivity (Wildman–Crippen MR) is 54.9 cm³/mol. The second kappa shape index (κ2) is 3.66. The molecule has 1 saturated carbocycles. The fourth-order valence-electron chi connectivity index (χ4n) is 1.24. The largest absolute Gasteiger partial charge is 0.474 e. The quantitative estimate of drug-likeness (QED) is 0.795. The molecule has 1 aromatic heterocycles. The van der Waals surface area contributed by atoms with Gasteiger partial charge in [-0.15, -0.1) is 0 Å². The summed E-state index contributed by atoms with van der Waals surface area (Å²) in [5, 5.41) is 0. The van der Waals surface area contributed by atoms with E-state index < -0.39 is 0 Å². The molecule has 0 radical (unpaired) electrons. The average molecular weight is 242 g/mol. The fraction of sp³-hybridized carbons (Fsp3) is 0.500. The van der Waals surface area contributed by atoms with Crippen molar-refractivity contribution in [2.24, 2.45) is 0 Å². The van der Waals surface area contributed by atoms with E-state index in [0.29, 0.717) is 6.10 Å². The van der Waals surface area contributed by atoms with Gasteiger partial charge in [0.2, 0.25) is 5.88 Å². The molecule has 0 spiro atoms. The van der Waals surface area contributed by atoms with Gasteiger partial charge in [-0.2, -0.15) is 0 Å². The molecule has 0 unspecified atom stereocenters. The Morgan fingerprint density at radius 3 is 2.92 bits per heavy atom. The molecular formula is C10H12BrNO. The molecule has 1 aliphatic carbocycles. The molecule has 0 amide bonds. The molecule has 2 nitrogen and oxygen atoms in total. The van der Waals surface area contributed by atoms with Gasteiger partial charge in [-0.05, 0) is 53.7 Å². The Hall–Kier alpha value is -0.570. The molecule has 0 bridgehead atoms. The Kier molecular flexibility index (Phi) is 2.54. The van der Waals surface area contributed by atoms with Gasteiger partial charge in [-0.3, -0.25) is 0 Å². The SMILES string of the molecule is Cc1ccnc(OC2CCC2)c1Br. The van der Waals surface area contributed by atoms with Crippen LogP contribution in [0.3, 0.4) is 0 Å². The zero-order chi connectivity index (χ0) is 9.26. The van der Waals surface area contributed by atoms with Crippen molar-refractivity contribution in [2.45, 2.75) is 32.3 Å². The van der Waals surface area contributed by atoms with Crippen molar-refractivity contribution in [3.63, 3.8) is 0 Å². The smallest absolute Gasteiger partial charge is 0.228 e. The number of rotatable bonds is 2. The summed E-state index contributed by atoms with van der Waals surface area (Å²) >= 11 is 3.47. The van der Waals surface area contributed by atoms with E-state index in [1.165, 1.54) is 24.8 Å². The van der Waals surface area contributed by atoms with Crippen LogP contribution >= 0.6 is 15.9 Å². The van der Waals surface area contributed by atoms with Crippen LogP contribution in [0.5, 0.6) is 5.88 Å². The lowest BCUT2D eigenvalue weighted by Crippen LogP contribution is -2.25. The lowest BCUT2D eigenvalue weighted by Gasteiger charge is -2.26. The van der Waals surface area contributed by atoms with Gasteiger partial charge < -0.3 is 4.74 Å². The molecule has 0 aliphatic heterocycles. The number of halogens is 1. The third-order valence-corrected chi connectivity index (χ3v) is 3.35. The Balaban J connectivity index is 2.14. The molecule has 1 aliphatic rings. The standard InChI is InChI=1S/C10H12BrNO/c1-7-5-6-12-10(9(7)11)13-8-3-2-4-8/h5-6,8H,2-4H2,1H3. The van der Waals surface area contributed by atoms with Gasteiger partial charge in [0.05, 0.1) is 4.47 Å². The van der Waals surface area contributed by atoms with Gasteiger partial charge in [0, 0.05) is 6.20 Å². The van der Waals surface area contributed by atoms with E-state index in [2.05, 4.69) is 20.9 Å². The predicted octanol–water partition coefficient (Wildman–Crippen LogP) is 3.08. The number of aromatic nitrogens is 1. The molecule has 0 saturated heterocycles. The molecule has 0 atom stereocenters. The second-order valence-corrected chi connectivity index (χ2v) is 4.21. The fourth-order valence-corrected chi connectivity index (χ4v) is 1.57. The number of hydrogen-bond acceptors (Lipinski definition) is 2. The first-order valence-corrected chi connectivity index (χ1v) is 5.34. The van der Waals surface area contributed by atoms with Crippen molar-refractivity contribution in [3.8, 4) is 5.88 Å². The van der Waals surface area contributed by atoms with Crippen molar-refractivity contribution in [1.29, 1.82) is 0 Å². The number of aryl methyl sites for hydroxylation is 1. The van der Waals surface area contributed by atoms with Crippen molar-refractivity contribution in [2.75, 3.05) is 0 Å². The number of hydrogen-bond donors (Lipinski definition) is 0. The lowest BCUT2D eigenvalue weighted by atomic mass is 9.96. The molecule has 1 heterocycles. The second-order valence-electron chi connectivity index (χ2n) is 3.42. The molecule has 0 aromatic carbocycles. The monoisotopic (exact) mass is 241 g/mol. The average Bonchev–Trinajstić information content (AvgIpc) is 2.04. The van der Waals surface area contributed by atoms with E-state index in [4.69, 9.17) is 4.74 Å². The minimum atomic E-state index is 0.394. The first-order valence-electron chi connectivity index (χ1n) is 4.55. The van der Waals surface area contributed by atoms with Crippen molar-refractivity contribution in [3.05, 3.63) is 22.3 Å². The number of pyridine rings is 1. The highest BCUT2D eigenvalue weighted by Gasteiger charge is 2.20. The highest BCUT2D eigenvalue weighted by atomic mass is 79.9. The third kappa shape index (κ3) is 1.85. The van der Waals surface area contributed by atoms with Gasteiger partial charge in [-0.25, -0.2) is 4.98 Å². The third-order valence-electron chi connectivity index (χ3n) is 2.38. The van der Waals surface area contributed by atoms with E-state index in [1.54, 1.807) is 6.20 Å². The Morgan fingerprint density at radius 1 is 1.54 bits per heavy atom. The van der Waals surface area contributed by atoms with Crippen LogP contribution in [0.15, 0.2) is 16.7 Å². The summed E-state index contributed by atoms with van der Waals surface area (Å²) in [6, 6.07) is 1.97. The van der Waals surface area contributed by atoms with Crippen LogP contribution in [-0.4, -0.2) is 11.1 Å². The van der Waals surface area contributed by atoms with E-state index >= 15 is 0 Å². The van der Waals surface area contributed by atoms with Crippen LogP contribution < -0.4 is 4.74 Å². The molecule has 1 fully saturated rings. The molecule has 3 heteroatoms. The van der Waals surface area contributed by atoms with E-state index in [-0.39, 0.29) is 0 Å². The van der Waals surface area contributed by atoms with E-state index in [0.717, 1.165) is 10.4 Å². The van der Waals surface area contributed by atoms with Crippen LogP contribution in [0.4, 0.5) is 0 Å². The highest BCUT2D eigenvalue weighted by Crippen LogP contribution is 2.30. The summed E-state index contributed by atoms with van der Waals surface area (Å²) < 4.78 is 6.69. The van der Waals surface area contributed by atoms with Crippen LogP contribution in [0.2, 0.25) is 0 Å². The first-order chi connectivity index (χ1) is 6.27. The molecule has 13 heavy (non-hydrogen) atoms. The molecule has 2 rings (SSSR count). The maximum absolute atomic E-state index is 5.70. The Labute approximate surface area is 86.5 Å². The van der Waals surface area contributed by atoms with Gasteiger partial charge in [0.1, 0.15) is 6.10 Å². The maximum atomic E-state index is 5.70. The lowest BCUT2D eigenvalue weighted by molar-refractivity contribution is 0.113. The summed E-state index contributed by atoms with van der Waals surface area (Å²) in [5.74, 6) is 0.740. The minimum absolute atomic E-state index is 0.394. The van der Waals surface area contributed by atoms with Gasteiger partial charge in [-0.1, -0.05) is 0 Å².